The number of carbonyl (C=O) groups excluding carboxylic acids is 4. The van der Waals surface area contributed by atoms with Gasteiger partial charge in [-0.2, -0.15) is 0 Å². The molecule has 1 aliphatic heterocycles. The monoisotopic (exact) mass is 1160 g/mol. The maximum absolute atomic E-state index is 14.9. The molecule has 2 aromatic rings. The number of thiazole rings is 1. The lowest BCUT2D eigenvalue weighted by atomic mass is 9.83. The molecule has 10 atom stereocenters. The molecule has 3 rings (SSSR count). The highest BCUT2D eigenvalue weighted by atomic mass is 127. The topological polar surface area (TPSA) is 226 Å². The van der Waals surface area contributed by atoms with Gasteiger partial charge in [0.1, 0.15) is 23.3 Å². The van der Waals surface area contributed by atoms with Crippen LogP contribution >= 0.6 is 34.2 Å². The lowest BCUT2D eigenvalue weighted by Crippen LogP contribution is -2.61. The van der Waals surface area contributed by atoms with Crippen molar-refractivity contribution >= 4 is 57.8 Å². The number of ether oxygens (including phenoxy) is 6. The lowest BCUT2D eigenvalue weighted by molar-refractivity contribution is -0.149. The van der Waals surface area contributed by atoms with Gasteiger partial charge in [-0.1, -0.05) is 92.1 Å². The summed E-state index contributed by atoms with van der Waals surface area (Å²) >= 11 is 3.41. The lowest BCUT2D eigenvalue weighted by Gasteiger charge is -2.42. The van der Waals surface area contributed by atoms with Gasteiger partial charge in [0, 0.05) is 45.3 Å². The molecule has 416 valence electrons. The van der Waals surface area contributed by atoms with Crippen LogP contribution in [0.2, 0.25) is 0 Å². The molecule has 1 saturated heterocycles. The molecule has 1 aromatic heterocycles. The molecule has 5 N–H and O–H groups in total. The highest BCUT2D eigenvalue weighted by Crippen LogP contribution is 2.32. The number of nitrogens with one attached hydrogen (secondary N) is 2. The number of nitrogens with zero attached hydrogens (tertiary/aromatic N) is 4. The summed E-state index contributed by atoms with van der Waals surface area (Å²) in [6.07, 6.45) is 2.44. The van der Waals surface area contributed by atoms with Gasteiger partial charge in [0.2, 0.25) is 23.6 Å². The molecular weight excluding hydrogens is 1070 g/mol. The van der Waals surface area contributed by atoms with Crippen molar-refractivity contribution in [1.82, 2.24) is 28.5 Å². The number of likely N-dealkylation sites (N-methyl/N-ethyl adjacent to an activating group) is 1. The number of aliphatic hydroxyl groups is 1. The van der Waals surface area contributed by atoms with E-state index in [0.717, 1.165) is 17.0 Å². The van der Waals surface area contributed by atoms with E-state index in [1.807, 2.05) is 107 Å². The van der Waals surface area contributed by atoms with Gasteiger partial charge in [-0.05, 0) is 42.1 Å². The predicted molar refractivity (Wildman–Crippen MR) is 289 cm³/mol. The molecule has 0 spiro atoms. The predicted octanol–water partition coefficient (Wildman–Crippen LogP) is 5.34. The van der Waals surface area contributed by atoms with Gasteiger partial charge >= 0.3 is 0 Å². The van der Waals surface area contributed by atoms with E-state index in [1.165, 1.54) is 14.5 Å². The molecule has 1 aromatic carbocycles. The van der Waals surface area contributed by atoms with E-state index in [9.17, 15) is 24.3 Å². The number of benzene rings is 1. The Balaban J connectivity index is 1.66. The molecular formula is C52H88IN7O12S. The van der Waals surface area contributed by atoms with Crippen LogP contribution < -0.4 is 16.5 Å². The first-order chi connectivity index (χ1) is 34.8. The highest BCUT2D eigenvalue weighted by molar-refractivity contribution is 14.1. The van der Waals surface area contributed by atoms with E-state index >= 15 is 0 Å². The van der Waals surface area contributed by atoms with Gasteiger partial charge in [-0.3, -0.25) is 27.6 Å². The fourth-order valence-electron chi connectivity index (χ4n) is 9.23. The van der Waals surface area contributed by atoms with Crippen molar-refractivity contribution in [1.29, 1.82) is 0 Å². The average Bonchev–Trinajstić information content (AvgIpc) is 4.09. The molecule has 1 unspecified atom stereocenters. The fourth-order valence-corrected chi connectivity index (χ4v) is 11.1. The van der Waals surface area contributed by atoms with Crippen LogP contribution in [-0.4, -0.2) is 177 Å². The number of hydrogen-bond donors (Lipinski definition) is 4. The first-order valence-electron chi connectivity index (χ1n) is 25.7. The minimum Gasteiger partial charge on any atom is -0.379 e. The number of amides is 4. The zero-order valence-corrected chi connectivity index (χ0v) is 48.3. The maximum Gasteiger partial charge on any atom is 0.245 e. The van der Waals surface area contributed by atoms with Gasteiger partial charge in [0.15, 0.2) is 0 Å². The number of halogens is 1. The van der Waals surface area contributed by atoms with Crippen molar-refractivity contribution in [3.8, 4) is 0 Å². The highest BCUT2D eigenvalue weighted by Gasteiger charge is 2.45. The Kier molecular flexibility index (Phi) is 29.9. The van der Waals surface area contributed by atoms with E-state index in [1.54, 1.807) is 32.4 Å². The van der Waals surface area contributed by atoms with Crippen LogP contribution in [0.25, 0.3) is 0 Å². The minimum atomic E-state index is -0.987. The summed E-state index contributed by atoms with van der Waals surface area (Å²) in [6, 6.07) is 7.12. The fraction of sp³-hybridized carbons (Fsp3) is 0.750. The van der Waals surface area contributed by atoms with Crippen LogP contribution in [0.1, 0.15) is 104 Å². The van der Waals surface area contributed by atoms with E-state index in [4.69, 9.17) is 34.3 Å². The first kappa shape index (κ1) is 64.3. The van der Waals surface area contributed by atoms with E-state index in [-0.39, 0.29) is 67.7 Å². The van der Waals surface area contributed by atoms with Crippen LogP contribution in [0.5, 0.6) is 0 Å². The van der Waals surface area contributed by atoms with Crippen molar-refractivity contribution in [3.05, 3.63) is 52.5 Å². The molecule has 0 saturated carbocycles. The number of hydrogen-bond acceptors (Lipinski definition) is 16. The van der Waals surface area contributed by atoms with E-state index in [0.29, 0.717) is 72.1 Å². The van der Waals surface area contributed by atoms with Crippen LogP contribution in [0.15, 0.2) is 41.9 Å². The summed E-state index contributed by atoms with van der Waals surface area (Å²) in [5.41, 5.74) is 0.370. The number of nitrogens with two attached hydrogens (primary N) is 1. The summed E-state index contributed by atoms with van der Waals surface area (Å²) in [5, 5.41) is 21.0. The molecule has 4 amide bonds. The van der Waals surface area contributed by atoms with Crippen molar-refractivity contribution in [2.45, 2.75) is 143 Å². The van der Waals surface area contributed by atoms with E-state index < -0.39 is 53.8 Å². The summed E-state index contributed by atoms with van der Waals surface area (Å²) in [5.74, 6) is 2.95. The maximum atomic E-state index is 14.9. The second-order valence-electron chi connectivity index (χ2n) is 20.2. The number of likely N-dealkylation sites (tertiary alicyclic amines) is 1. The van der Waals surface area contributed by atoms with Crippen molar-refractivity contribution in [2.75, 3.05) is 87.3 Å². The number of carbonyl (C=O) groups is 4. The minimum absolute atomic E-state index is 0.00222. The Morgan fingerprint density at radius 2 is 1.53 bits per heavy atom. The standard InChI is InChI=1S/C52H88IN7O12S/c1-12-36(4)45(41(66-10)34-43(62)59-22-16-19-40(59)46(67-11)37(5)48(63)56-39(50-55-21-32-73-50)33-38-17-14-13-15-18-38)58(9)51(65)47(52(6,7)8)57-49(64)44(35(2)3)60(53)42(61)20-23-68-24-25-69-26-27-70-28-29-71-30-31-72-54/h13-15,17-18,21,32,35-37,39-41,44-48,56,63H,12,16,19-20,22-31,33-34,54H2,1-11H3,(H,57,64)/t36-,37+,39-,40-,41+,44-,45-,46+,47+,48?/m0/s1. The Labute approximate surface area is 453 Å². The average molecular weight is 1160 g/mol. The zero-order valence-electron chi connectivity index (χ0n) is 45.3. The smallest absolute Gasteiger partial charge is 0.245 e. The number of methoxy groups -OCH3 is 2. The number of aromatic nitrogens is 1. The Bertz CT molecular complexity index is 1870. The van der Waals surface area contributed by atoms with Crippen LogP contribution in [0.4, 0.5) is 0 Å². The molecule has 21 heteroatoms. The normalized spacial score (nSPS) is 17.8. The third kappa shape index (κ3) is 20.8. The van der Waals surface area contributed by atoms with Crippen LogP contribution in [0.3, 0.4) is 0 Å². The van der Waals surface area contributed by atoms with Gasteiger partial charge in [0.05, 0.1) is 126 Å². The summed E-state index contributed by atoms with van der Waals surface area (Å²) < 4.78 is 35.6. The molecule has 0 aliphatic carbocycles. The second-order valence-corrected chi connectivity index (χ2v) is 22.1. The molecule has 0 bridgehead atoms. The zero-order chi connectivity index (χ0) is 54.1. The molecule has 1 aliphatic rings. The summed E-state index contributed by atoms with van der Waals surface area (Å²) in [7, 11) is 4.89. The Hall–Kier alpha value is -2.94. The Morgan fingerprint density at radius 1 is 0.932 bits per heavy atom. The first-order valence-corrected chi connectivity index (χ1v) is 27.6. The van der Waals surface area contributed by atoms with Gasteiger partial charge in [-0.15, -0.1) is 11.3 Å². The molecule has 73 heavy (non-hydrogen) atoms. The van der Waals surface area contributed by atoms with Gasteiger partial charge < -0.3 is 53.5 Å². The van der Waals surface area contributed by atoms with Crippen molar-refractivity contribution in [3.63, 3.8) is 0 Å². The van der Waals surface area contributed by atoms with Gasteiger partial charge in [0.25, 0.3) is 0 Å². The largest absolute Gasteiger partial charge is 0.379 e. The number of aliphatic hydroxyl groups excluding tert-OH is 1. The molecule has 0 radical (unpaired) electrons. The van der Waals surface area contributed by atoms with Crippen molar-refractivity contribution in [2.24, 2.45) is 29.1 Å². The van der Waals surface area contributed by atoms with Crippen LogP contribution in [-0.2, 0) is 58.9 Å². The molecule has 19 nitrogen and oxygen atoms in total. The third-order valence-corrected chi connectivity index (χ3v) is 15.5. The summed E-state index contributed by atoms with van der Waals surface area (Å²) in [6.45, 7) is 19.0. The molecule has 1 fully saturated rings. The van der Waals surface area contributed by atoms with Crippen LogP contribution in [0, 0.1) is 23.2 Å². The van der Waals surface area contributed by atoms with E-state index in [2.05, 4.69) is 32.6 Å². The Morgan fingerprint density at radius 3 is 2.05 bits per heavy atom. The SMILES string of the molecule is CC[C@H](C)[C@@H]([C@@H](CC(=O)N1CCC[C@H]1[C@H](OC)[C@@H](C)C(O)N[C@@H](Cc1ccccc1)c1nccs1)OC)N(C)C(=O)[C@@H](NC(=O)[C@H](C(C)C)N(I)C(=O)CCOCCOCCOCCOCCON)C(C)(C)C. The van der Waals surface area contributed by atoms with Crippen molar-refractivity contribution < 1.29 is 57.5 Å². The third-order valence-electron chi connectivity index (χ3n) is 13.5. The molecule has 2 heterocycles. The second kappa shape index (κ2) is 34.0. The summed E-state index contributed by atoms with van der Waals surface area (Å²) in [4.78, 5) is 69.6. The quantitative estimate of drug-likeness (QED) is 0.0222. The van der Waals surface area contributed by atoms with Gasteiger partial charge in [-0.25, -0.2) is 10.9 Å². The number of rotatable bonds is 36.